The number of nitrogens with zero attached hydrogens (tertiary/aromatic N) is 1. The molecule has 1 amide bonds. The average Bonchev–Trinajstić information content (AvgIpc) is 3.13. The number of unbranched alkanes of at least 4 members (excludes halogenated alkanes) is 1. The summed E-state index contributed by atoms with van der Waals surface area (Å²) in [6, 6.07) is 19.1. The summed E-state index contributed by atoms with van der Waals surface area (Å²) in [6.45, 7) is 2.21. The lowest BCUT2D eigenvalue weighted by Crippen LogP contribution is -2.43. The van der Waals surface area contributed by atoms with Gasteiger partial charge in [0.1, 0.15) is 0 Å². The zero-order valence-corrected chi connectivity index (χ0v) is 14.6. The number of hydrogen-bond acceptors (Lipinski definition) is 1. The van der Waals surface area contributed by atoms with E-state index < -0.39 is 0 Å². The van der Waals surface area contributed by atoms with Crippen molar-refractivity contribution in [3.05, 3.63) is 65.7 Å². The molecule has 0 aliphatic heterocycles. The number of anilines is 1. The van der Waals surface area contributed by atoms with E-state index >= 15 is 0 Å². The first-order chi connectivity index (χ1) is 11.8. The largest absolute Gasteiger partial charge is 0.305 e. The molecular weight excluding hydrogens is 294 g/mol. The first-order valence-corrected chi connectivity index (χ1v) is 9.19. The molecule has 2 nitrogen and oxygen atoms in total. The van der Waals surface area contributed by atoms with Gasteiger partial charge >= 0.3 is 0 Å². The molecule has 0 spiro atoms. The van der Waals surface area contributed by atoms with Crippen LogP contribution in [0.25, 0.3) is 0 Å². The Kier molecular flexibility index (Phi) is 5.34. The summed E-state index contributed by atoms with van der Waals surface area (Å²) in [4.78, 5) is 14.0. The molecule has 0 radical (unpaired) electrons. The van der Waals surface area contributed by atoms with Crippen molar-refractivity contribution in [2.24, 2.45) is 0 Å². The minimum Gasteiger partial charge on any atom is -0.305 e. The molecule has 1 aliphatic carbocycles. The standard InChI is InChI=1S/C22H27NO/c1-2-3-9-19-12-14-21(15-13-19)23(18-24)22(16-7-8-17-22)20-10-5-4-6-11-20/h4-6,10-15,18H,2-3,7-9,16-17H2,1H3. The van der Waals surface area contributed by atoms with E-state index in [1.807, 2.05) is 11.0 Å². The molecular formula is C22H27NO. The lowest BCUT2D eigenvalue weighted by atomic mass is 9.86. The first kappa shape index (κ1) is 16.8. The fourth-order valence-corrected chi connectivity index (χ4v) is 3.99. The molecule has 0 bridgehead atoms. The third-order valence-electron chi connectivity index (χ3n) is 5.34. The fourth-order valence-electron chi connectivity index (χ4n) is 3.99. The van der Waals surface area contributed by atoms with Crippen molar-refractivity contribution in [1.29, 1.82) is 0 Å². The molecule has 0 saturated heterocycles. The molecule has 0 atom stereocenters. The van der Waals surface area contributed by atoms with Crippen LogP contribution in [0, 0.1) is 0 Å². The van der Waals surface area contributed by atoms with E-state index in [1.54, 1.807) is 0 Å². The smallest absolute Gasteiger partial charge is 0.214 e. The predicted octanol–water partition coefficient (Wildman–Crippen LogP) is 5.46. The van der Waals surface area contributed by atoms with E-state index in [1.165, 1.54) is 36.8 Å². The number of amides is 1. The second-order valence-electron chi connectivity index (χ2n) is 6.85. The number of carbonyl (C=O) groups excluding carboxylic acids is 1. The van der Waals surface area contributed by atoms with Crippen molar-refractivity contribution < 1.29 is 4.79 Å². The van der Waals surface area contributed by atoms with Crippen LogP contribution in [0.5, 0.6) is 0 Å². The van der Waals surface area contributed by atoms with Crippen LogP contribution in [0.2, 0.25) is 0 Å². The highest BCUT2D eigenvalue weighted by Gasteiger charge is 2.41. The SMILES string of the molecule is CCCCc1ccc(N(C=O)C2(c3ccccc3)CCCC2)cc1. The summed E-state index contributed by atoms with van der Waals surface area (Å²) >= 11 is 0. The molecule has 1 aliphatic rings. The summed E-state index contributed by atoms with van der Waals surface area (Å²) in [5.41, 5.74) is 3.43. The highest BCUT2D eigenvalue weighted by molar-refractivity contribution is 5.78. The van der Waals surface area contributed by atoms with E-state index in [0.29, 0.717) is 0 Å². The van der Waals surface area contributed by atoms with Crippen LogP contribution in [0.3, 0.4) is 0 Å². The molecule has 24 heavy (non-hydrogen) atoms. The minimum atomic E-state index is -0.187. The number of rotatable bonds is 7. The maximum Gasteiger partial charge on any atom is 0.214 e. The second-order valence-corrected chi connectivity index (χ2v) is 6.85. The molecule has 0 aromatic heterocycles. The van der Waals surface area contributed by atoms with Crippen LogP contribution in [0.1, 0.15) is 56.6 Å². The van der Waals surface area contributed by atoms with Crippen LogP contribution >= 0.6 is 0 Å². The Bertz CT molecular complexity index is 641. The Morgan fingerprint density at radius 1 is 1.00 bits per heavy atom. The monoisotopic (exact) mass is 321 g/mol. The molecule has 126 valence electrons. The van der Waals surface area contributed by atoms with Gasteiger partial charge in [0, 0.05) is 5.69 Å². The molecule has 0 N–H and O–H groups in total. The van der Waals surface area contributed by atoms with E-state index in [2.05, 4.69) is 55.5 Å². The van der Waals surface area contributed by atoms with Crippen molar-refractivity contribution in [2.75, 3.05) is 4.90 Å². The van der Waals surface area contributed by atoms with Gasteiger partial charge in [0.2, 0.25) is 6.41 Å². The lowest BCUT2D eigenvalue weighted by Gasteiger charge is -2.39. The second kappa shape index (κ2) is 7.65. The summed E-state index contributed by atoms with van der Waals surface area (Å²) in [7, 11) is 0. The Hall–Kier alpha value is -2.09. The number of aryl methyl sites for hydroxylation is 1. The third kappa shape index (κ3) is 3.24. The van der Waals surface area contributed by atoms with Gasteiger partial charge < -0.3 is 4.90 Å². The fraction of sp³-hybridized carbons (Fsp3) is 0.409. The van der Waals surface area contributed by atoms with E-state index in [9.17, 15) is 4.79 Å². The van der Waals surface area contributed by atoms with Gasteiger partial charge in [-0.2, -0.15) is 0 Å². The Balaban J connectivity index is 1.92. The van der Waals surface area contributed by atoms with Gasteiger partial charge in [-0.15, -0.1) is 0 Å². The Morgan fingerprint density at radius 3 is 2.25 bits per heavy atom. The minimum absolute atomic E-state index is 0.187. The van der Waals surface area contributed by atoms with Crippen LogP contribution in [-0.4, -0.2) is 6.41 Å². The lowest BCUT2D eigenvalue weighted by molar-refractivity contribution is -0.108. The van der Waals surface area contributed by atoms with Crippen LogP contribution < -0.4 is 4.90 Å². The third-order valence-corrected chi connectivity index (χ3v) is 5.34. The van der Waals surface area contributed by atoms with Crippen LogP contribution in [0.15, 0.2) is 54.6 Å². The molecule has 2 aromatic rings. The summed E-state index contributed by atoms with van der Waals surface area (Å²) in [5.74, 6) is 0. The molecule has 1 saturated carbocycles. The van der Waals surface area contributed by atoms with E-state index in [0.717, 1.165) is 31.4 Å². The van der Waals surface area contributed by atoms with E-state index in [4.69, 9.17) is 0 Å². The van der Waals surface area contributed by atoms with Crippen molar-refractivity contribution in [2.45, 2.75) is 57.4 Å². The normalized spacial score (nSPS) is 16.0. The Morgan fingerprint density at radius 2 is 1.67 bits per heavy atom. The van der Waals surface area contributed by atoms with Crippen molar-refractivity contribution in [1.82, 2.24) is 0 Å². The molecule has 3 rings (SSSR count). The van der Waals surface area contributed by atoms with Crippen molar-refractivity contribution in [3.8, 4) is 0 Å². The van der Waals surface area contributed by atoms with Gasteiger partial charge in [-0.3, -0.25) is 4.79 Å². The topological polar surface area (TPSA) is 20.3 Å². The summed E-state index contributed by atoms with van der Waals surface area (Å²) in [5, 5.41) is 0. The summed E-state index contributed by atoms with van der Waals surface area (Å²) < 4.78 is 0. The van der Waals surface area contributed by atoms with E-state index in [-0.39, 0.29) is 5.54 Å². The number of carbonyl (C=O) groups is 1. The van der Waals surface area contributed by atoms with Gasteiger partial charge in [-0.1, -0.05) is 68.7 Å². The van der Waals surface area contributed by atoms with Gasteiger partial charge in [0.25, 0.3) is 0 Å². The van der Waals surface area contributed by atoms with Crippen molar-refractivity contribution >= 4 is 12.1 Å². The number of hydrogen-bond donors (Lipinski definition) is 0. The summed E-state index contributed by atoms with van der Waals surface area (Å²) in [6.07, 6.45) is 8.98. The maximum absolute atomic E-state index is 12.1. The molecule has 0 unspecified atom stereocenters. The van der Waals surface area contributed by atoms with Crippen LogP contribution in [-0.2, 0) is 16.8 Å². The molecule has 0 heterocycles. The number of benzene rings is 2. The highest BCUT2D eigenvalue weighted by atomic mass is 16.1. The van der Waals surface area contributed by atoms with Gasteiger partial charge in [-0.25, -0.2) is 0 Å². The molecule has 2 heteroatoms. The van der Waals surface area contributed by atoms with Crippen molar-refractivity contribution in [3.63, 3.8) is 0 Å². The van der Waals surface area contributed by atoms with Crippen LogP contribution in [0.4, 0.5) is 5.69 Å². The maximum atomic E-state index is 12.1. The quantitative estimate of drug-likeness (QED) is 0.620. The highest BCUT2D eigenvalue weighted by Crippen LogP contribution is 2.45. The first-order valence-electron chi connectivity index (χ1n) is 9.19. The molecule has 2 aromatic carbocycles. The van der Waals surface area contributed by atoms with Gasteiger partial charge in [-0.05, 0) is 48.9 Å². The molecule has 1 fully saturated rings. The zero-order valence-electron chi connectivity index (χ0n) is 14.6. The Labute approximate surface area is 145 Å². The predicted molar refractivity (Wildman–Crippen MR) is 100 cm³/mol. The van der Waals surface area contributed by atoms with Gasteiger partial charge in [0.15, 0.2) is 0 Å². The zero-order chi connectivity index (χ0) is 16.8. The average molecular weight is 321 g/mol. The van der Waals surface area contributed by atoms with Gasteiger partial charge in [0.05, 0.1) is 5.54 Å².